The van der Waals surface area contributed by atoms with Crippen molar-refractivity contribution in [1.82, 2.24) is 18.8 Å². The highest BCUT2D eigenvalue weighted by Crippen LogP contribution is 2.24. The van der Waals surface area contributed by atoms with Crippen LogP contribution in [0.4, 0.5) is 0 Å². The summed E-state index contributed by atoms with van der Waals surface area (Å²) in [7, 11) is -1.98. The monoisotopic (exact) mass is 366 g/mol. The van der Waals surface area contributed by atoms with E-state index >= 15 is 0 Å². The summed E-state index contributed by atoms with van der Waals surface area (Å²) < 4.78 is 25.7. The predicted molar refractivity (Wildman–Crippen MR) is 94.9 cm³/mol. The average Bonchev–Trinajstić information content (AvgIpc) is 2.89. The molecule has 0 bridgehead atoms. The van der Waals surface area contributed by atoms with E-state index in [2.05, 4.69) is 4.98 Å². The van der Waals surface area contributed by atoms with Gasteiger partial charge in [0, 0.05) is 26.2 Å². The van der Waals surface area contributed by atoms with Crippen molar-refractivity contribution in [2.45, 2.75) is 18.9 Å². The standard InChI is InChI=1S/C16H22N4O4S/c1-18(25(2,23)24)11-15(21)19-9-7-12(8-10-19)20-14-6-4-3-5-13(14)17-16(20)22/h3-6,12H,7-11H2,1-2H3,(H,17,22). The molecule has 1 aliphatic rings. The van der Waals surface area contributed by atoms with Gasteiger partial charge in [-0.15, -0.1) is 0 Å². The largest absolute Gasteiger partial charge is 0.341 e. The number of para-hydroxylation sites is 2. The summed E-state index contributed by atoms with van der Waals surface area (Å²) in [6, 6.07) is 7.58. The van der Waals surface area contributed by atoms with Crippen LogP contribution < -0.4 is 5.69 Å². The van der Waals surface area contributed by atoms with Crippen molar-refractivity contribution < 1.29 is 13.2 Å². The number of aromatic amines is 1. The van der Waals surface area contributed by atoms with Gasteiger partial charge in [0.1, 0.15) is 0 Å². The van der Waals surface area contributed by atoms with Crippen molar-refractivity contribution in [1.29, 1.82) is 0 Å². The zero-order chi connectivity index (χ0) is 18.2. The number of carbonyl (C=O) groups is 1. The van der Waals surface area contributed by atoms with Crippen LogP contribution in [0.1, 0.15) is 18.9 Å². The first-order valence-electron chi connectivity index (χ1n) is 8.15. The lowest BCUT2D eigenvalue weighted by molar-refractivity contribution is -0.132. The molecule has 1 aromatic carbocycles. The average molecular weight is 366 g/mol. The molecule has 0 spiro atoms. The molecule has 0 aliphatic carbocycles. The van der Waals surface area contributed by atoms with E-state index in [-0.39, 0.29) is 24.2 Å². The summed E-state index contributed by atoms with van der Waals surface area (Å²) in [5.41, 5.74) is 1.54. The number of amides is 1. The van der Waals surface area contributed by atoms with E-state index in [1.165, 1.54) is 7.05 Å². The SMILES string of the molecule is CN(CC(=O)N1CCC(n2c(=O)[nH]c3ccccc32)CC1)S(C)(=O)=O. The van der Waals surface area contributed by atoms with Crippen LogP contribution >= 0.6 is 0 Å². The minimum Gasteiger partial charge on any atom is -0.341 e. The number of sulfonamides is 1. The number of hydrogen-bond acceptors (Lipinski definition) is 4. The number of likely N-dealkylation sites (N-methyl/N-ethyl adjacent to an activating group) is 1. The Morgan fingerprint density at radius 3 is 2.56 bits per heavy atom. The Labute approximate surface area is 146 Å². The first kappa shape index (κ1) is 17.7. The van der Waals surface area contributed by atoms with Gasteiger partial charge in [0.05, 0.1) is 23.8 Å². The second-order valence-electron chi connectivity index (χ2n) is 6.45. The van der Waals surface area contributed by atoms with Gasteiger partial charge in [-0.05, 0) is 25.0 Å². The molecule has 0 atom stereocenters. The number of nitrogens with zero attached hydrogens (tertiary/aromatic N) is 3. The Balaban J connectivity index is 1.68. The summed E-state index contributed by atoms with van der Waals surface area (Å²) in [5, 5.41) is 0. The summed E-state index contributed by atoms with van der Waals surface area (Å²) in [6.07, 6.45) is 2.40. The predicted octanol–water partition coefficient (Wildman–Crippen LogP) is 0.385. The van der Waals surface area contributed by atoms with Crippen LogP contribution in [-0.2, 0) is 14.8 Å². The third kappa shape index (κ3) is 3.62. The number of piperidine rings is 1. The van der Waals surface area contributed by atoms with E-state index in [0.29, 0.717) is 25.9 Å². The molecule has 0 saturated carbocycles. The second-order valence-corrected chi connectivity index (χ2v) is 8.54. The highest BCUT2D eigenvalue weighted by Gasteiger charge is 2.27. The number of rotatable bonds is 4. The Morgan fingerprint density at radius 2 is 1.92 bits per heavy atom. The first-order valence-corrected chi connectivity index (χ1v) is 10.0. The molecule has 136 valence electrons. The lowest BCUT2D eigenvalue weighted by Crippen LogP contribution is -2.45. The number of aromatic nitrogens is 2. The minimum absolute atomic E-state index is 0.0281. The molecule has 1 fully saturated rings. The normalized spacial score (nSPS) is 16.7. The topological polar surface area (TPSA) is 95.5 Å². The third-order valence-corrected chi connectivity index (χ3v) is 5.99. The van der Waals surface area contributed by atoms with Gasteiger partial charge in [0.25, 0.3) is 0 Å². The maximum Gasteiger partial charge on any atom is 0.326 e. The molecule has 2 aromatic rings. The number of hydrogen-bond donors (Lipinski definition) is 1. The van der Waals surface area contributed by atoms with Gasteiger partial charge < -0.3 is 9.88 Å². The van der Waals surface area contributed by atoms with Crippen LogP contribution in [0.5, 0.6) is 0 Å². The van der Waals surface area contributed by atoms with Crippen LogP contribution in [0, 0.1) is 0 Å². The molecule has 1 aromatic heterocycles. The van der Waals surface area contributed by atoms with Crippen molar-refractivity contribution in [3.05, 3.63) is 34.7 Å². The fourth-order valence-corrected chi connectivity index (χ4v) is 3.56. The molecular formula is C16H22N4O4S. The zero-order valence-electron chi connectivity index (χ0n) is 14.3. The molecule has 1 N–H and O–H groups in total. The Hall–Kier alpha value is -2.13. The van der Waals surface area contributed by atoms with Gasteiger partial charge in [-0.2, -0.15) is 4.31 Å². The Morgan fingerprint density at radius 1 is 1.28 bits per heavy atom. The first-order chi connectivity index (χ1) is 11.8. The molecule has 9 heteroatoms. The van der Waals surface area contributed by atoms with E-state index in [0.717, 1.165) is 21.6 Å². The van der Waals surface area contributed by atoms with Crippen molar-refractivity contribution in [2.24, 2.45) is 0 Å². The maximum atomic E-state index is 12.3. The minimum atomic E-state index is -3.38. The second kappa shape index (κ2) is 6.64. The number of benzene rings is 1. The molecule has 0 unspecified atom stereocenters. The quantitative estimate of drug-likeness (QED) is 0.846. The number of fused-ring (bicyclic) bond motifs is 1. The number of nitrogens with one attached hydrogen (secondary N) is 1. The van der Waals surface area contributed by atoms with Crippen molar-refractivity contribution in [3.63, 3.8) is 0 Å². The van der Waals surface area contributed by atoms with Crippen molar-refractivity contribution in [2.75, 3.05) is 32.9 Å². The third-order valence-electron chi connectivity index (χ3n) is 4.73. The number of imidazole rings is 1. The highest BCUT2D eigenvalue weighted by molar-refractivity contribution is 7.88. The molecule has 1 saturated heterocycles. The number of carbonyl (C=O) groups excluding carboxylic acids is 1. The maximum absolute atomic E-state index is 12.3. The van der Waals surface area contributed by atoms with Gasteiger partial charge in [-0.25, -0.2) is 13.2 Å². The summed E-state index contributed by atoms with van der Waals surface area (Å²) in [4.78, 5) is 29.1. The van der Waals surface area contributed by atoms with Crippen LogP contribution in [0.2, 0.25) is 0 Å². The van der Waals surface area contributed by atoms with Gasteiger partial charge in [0.2, 0.25) is 15.9 Å². The van der Waals surface area contributed by atoms with Gasteiger partial charge in [-0.3, -0.25) is 9.36 Å². The molecular weight excluding hydrogens is 344 g/mol. The molecule has 0 radical (unpaired) electrons. The Bertz CT molecular complexity index is 938. The number of H-pyrrole nitrogens is 1. The molecule has 2 heterocycles. The van der Waals surface area contributed by atoms with Crippen molar-refractivity contribution >= 4 is 27.0 Å². The molecule has 1 aliphatic heterocycles. The molecule has 25 heavy (non-hydrogen) atoms. The van der Waals surface area contributed by atoms with Crippen molar-refractivity contribution in [3.8, 4) is 0 Å². The molecule has 1 amide bonds. The lowest BCUT2D eigenvalue weighted by Gasteiger charge is -2.33. The van der Waals surface area contributed by atoms with Gasteiger partial charge >= 0.3 is 5.69 Å². The fraction of sp³-hybridized carbons (Fsp3) is 0.500. The Kier molecular flexibility index (Phi) is 4.70. The fourth-order valence-electron chi connectivity index (χ4n) is 3.22. The van der Waals surface area contributed by atoms with Gasteiger partial charge in [0.15, 0.2) is 0 Å². The highest BCUT2D eigenvalue weighted by atomic mass is 32.2. The smallest absolute Gasteiger partial charge is 0.326 e. The van der Waals surface area contributed by atoms with Crippen LogP contribution in [-0.4, -0.2) is 66.0 Å². The molecule has 3 rings (SSSR count). The summed E-state index contributed by atoms with van der Waals surface area (Å²) in [6.45, 7) is 0.858. The van der Waals surface area contributed by atoms with E-state index in [4.69, 9.17) is 0 Å². The van der Waals surface area contributed by atoms with E-state index in [1.54, 1.807) is 9.47 Å². The van der Waals surface area contributed by atoms with Crippen LogP contribution in [0.25, 0.3) is 11.0 Å². The zero-order valence-corrected chi connectivity index (χ0v) is 15.1. The van der Waals surface area contributed by atoms with Gasteiger partial charge in [-0.1, -0.05) is 12.1 Å². The summed E-state index contributed by atoms with van der Waals surface area (Å²) >= 11 is 0. The van der Waals surface area contributed by atoms with E-state index in [1.807, 2.05) is 24.3 Å². The number of likely N-dealkylation sites (tertiary alicyclic amines) is 1. The van der Waals surface area contributed by atoms with Crippen LogP contribution in [0.15, 0.2) is 29.1 Å². The summed E-state index contributed by atoms with van der Waals surface area (Å²) in [5.74, 6) is -0.211. The van der Waals surface area contributed by atoms with E-state index in [9.17, 15) is 18.0 Å². The van der Waals surface area contributed by atoms with Crippen LogP contribution in [0.3, 0.4) is 0 Å². The molecule has 8 nitrogen and oxygen atoms in total. The van der Waals surface area contributed by atoms with E-state index < -0.39 is 10.0 Å². The lowest BCUT2D eigenvalue weighted by atomic mass is 10.0.